The van der Waals surface area contributed by atoms with Crippen molar-refractivity contribution in [3.05, 3.63) is 39.9 Å². The first-order valence-corrected chi connectivity index (χ1v) is 9.65. The molecule has 142 valence electrons. The molecule has 0 N–H and O–H groups in total. The molecule has 6 atom stereocenters. The highest BCUT2D eigenvalue weighted by Crippen LogP contribution is 2.68. The van der Waals surface area contributed by atoms with Crippen LogP contribution < -0.4 is 0 Å². The van der Waals surface area contributed by atoms with E-state index < -0.39 is 28.6 Å². The molecule has 0 amide bonds. The van der Waals surface area contributed by atoms with Gasteiger partial charge in [-0.1, -0.05) is 13.8 Å². The first-order valence-electron chi connectivity index (χ1n) is 8.71. The van der Waals surface area contributed by atoms with Crippen LogP contribution in [0.1, 0.15) is 37.7 Å². The average Bonchev–Trinajstić information content (AvgIpc) is 2.59. The molecule has 26 heavy (non-hydrogen) atoms. The van der Waals surface area contributed by atoms with Gasteiger partial charge in [-0.25, -0.2) is 0 Å². The smallest absolute Gasteiger partial charge is 0.350 e. The Kier molecular flexibility index (Phi) is 4.08. The van der Waals surface area contributed by atoms with Gasteiger partial charge in [-0.05, 0) is 47.8 Å². The van der Waals surface area contributed by atoms with Gasteiger partial charge in [0.15, 0.2) is 6.10 Å². The van der Waals surface area contributed by atoms with Crippen molar-refractivity contribution < 1.29 is 22.8 Å². The molecule has 4 fully saturated rings. The fourth-order valence-electron chi connectivity index (χ4n) is 4.98. The molecule has 1 aromatic rings. The second kappa shape index (κ2) is 5.86. The Labute approximate surface area is 153 Å². The van der Waals surface area contributed by atoms with Crippen LogP contribution in [0.5, 0.6) is 0 Å². The number of hydrogen-bond acceptors (Lipinski definition) is 4. The van der Waals surface area contributed by atoms with E-state index in [4.69, 9.17) is 4.74 Å². The van der Waals surface area contributed by atoms with Crippen LogP contribution in [-0.4, -0.2) is 22.5 Å². The van der Waals surface area contributed by atoms with Crippen molar-refractivity contribution >= 4 is 17.4 Å². The van der Waals surface area contributed by atoms with E-state index in [2.05, 4.69) is 13.8 Å². The van der Waals surface area contributed by atoms with E-state index in [1.54, 1.807) is 0 Å². The summed E-state index contributed by atoms with van der Waals surface area (Å²) >= 11 is 1.45. The number of hydrogen-bond donors (Lipinski definition) is 0. The Hall–Kier alpha value is -1.28. The van der Waals surface area contributed by atoms with Crippen molar-refractivity contribution in [3.8, 4) is 0 Å². The van der Waals surface area contributed by atoms with Gasteiger partial charge in [0.05, 0.1) is 4.92 Å². The molecular weight excluding hydrogens is 367 g/mol. The summed E-state index contributed by atoms with van der Waals surface area (Å²) in [5, 5.41) is 10.7. The summed E-state index contributed by atoms with van der Waals surface area (Å²) in [6, 6.07) is 5.62. The van der Waals surface area contributed by atoms with Crippen molar-refractivity contribution in [2.24, 2.45) is 23.2 Å². The molecule has 5 rings (SSSR count). The van der Waals surface area contributed by atoms with Crippen LogP contribution in [-0.2, 0) is 4.74 Å². The van der Waals surface area contributed by atoms with Crippen LogP contribution in [0.15, 0.2) is 24.3 Å². The summed E-state index contributed by atoms with van der Waals surface area (Å²) in [6.45, 7) is 4.14. The highest BCUT2D eigenvalue weighted by molar-refractivity contribution is 8.00. The van der Waals surface area contributed by atoms with Gasteiger partial charge in [0.25, 0.3) is 5.69 Å². The topological polar surface area (TPSA) is 52.4 Å². The average molecular weight is 387 g/mol. The van der Waals surface area contributed by atoms with Gasteiger partial charge >= 0.3 is 6.18 Å². The lowest BCUT2D eigenvalue weighted by Crippen LogP contribution is -2.63. The zero-order valence-electron chi connectivity index (χ0n) is 14.4. The van der Waals surface area contributed by atoms with Gasteiger partial charge in [0, 0.05) is 23.3 Å². The first kappa shape index (κ1) is 18.1. The highest BCUT2D eigenvalue weighted by atomic mass is 32.2. The molecule has 3 saturated carbocycles. The monoisotopic (exact) mass is 387 g/mol. The summed E-state index contributed by atoms with van der Waals surface area (Å²) in [4.78, 5) is 10.3. The normalized spacial score (nSPS) is 38.2. The molecule has 0 radical (unpaired) electrons. The van der Waals surface area contributed by atoms with Gasteiger partial charge in [0.2, 0.25) is 0 Å². The molecule has 4 nitrogen and oxygen atoms in total. The number of nitro groups is 1. The second-order valence-electron chi connectivity index (χ2n) is 8.13. The molecular formula is C18H20F3NO3S. The maximum atomic E-state index is 13.8. The van der Waals surface area contributed by atoms with Crippen LogP contribution >= 0.6 is 11.8 Å². The minimum atomic E-state index is -4.42. The van der Waals surface area contributed by atoms with E-state index >= 15 is 0 Å². The van der Waals surface area contributed by atoms with Gasteiger partial charge in [-0.15, -0.1) is 11.8 Å². The minimum Gasteiger partial charge on any atom is -0.350 e. The van der Waals surface area contributed by atoms with Crippen molar-refractivity contribution in [3.63, 3.8) is 0 Å². The largest absolute Gasteiger partial charge is 0.415 e. The Balaban J connectivity index is 1.62. The Bertz CT molecular complexity index is 721. The molecule has 1 heterocycles. The summed E-state index contributed by atoms with van der Waals surface area (Å²) in [7, 11) is 0. The van der Waals surface area contributed by atoms with E-state index in [1.807, 2.05) is 0 Å². The summed E-state index contributed by atoms with van der Waals surface area (Å²) in [5.74, 6) is -0.0248. The number of alkyl halides is 3. The van der Waals surface area contributed by atoms with E-state index in [1.165, 1.54) is 36.0 Å². The van der Waals surface area contributed by atoms with Gasteiger partial charge < -0.3 is 4.74 Å². The third-order valence-corrected chi connectivity index (χ3v) is 8.06. The number of rotatable bonds is 2. The third kappa shape index (κ3) is 2.72. The number of benzene rings is 1. The molecule has 0 spiro atoms. The summed E-state index contributed by atoms with van der Waals surface area (Å²) < 4.78 is 46.9. The molecule has 2 bridgehead atoms. The molecule has 3 aliphatic carbocycles. The molecule has 1 aliphatic heterocycles. The van der Waals surface area contributed by atoms with Crippen LogP contribution in [0, 0.1) is 33.3 Å². The highest BCUT2D eigenvalue weighted by Gasteiger charge is 2.65. The third-order valence-electron chi connectivity index (χ3n) is 6.57. The fraction of sp³-hybridized carbons (Fsp3) is 0.667. The first-order chi connectivity index (χ1) is 12.1. The summed E-state index contributed by atoms with van der Waals surface area (Å²) in [5.41, 5.74) is -0.342. The van der Waals surface area contributed by atoms with Gasteiger partial charge in [0.1, 0.15) is 5.44 Å². The Morgan fingerprint density at radius 2 is 1.88 bits per heavy atom. The SMILES string of the molecule is CC1(C)[C@H]2C[C@@H]3S[C@H](c4ccc([N+](=O)[O-])cc4)O[C@H](C(F)(F)F)[C@H]3[C@@H]1C2. The fourth-order valence-corrected chi connectivity index (χ4v) is 6.65. The van der Waals surface area contributed by atoms with Crippen LogP contribution in [0.25, 0.3) is 0 Å². The lowest BCUT2D eigenvalue weighted by Gasteiger charge is -2.65. The zero-order chi connectivity index (χ0) is 18.9. The van der Waals surface area contributed by atoms with Crippen LogP contribution in [0.4, 0.5) is 18.9 Å². The Morgan fingerprint density at radius 3 is 2.42 bits per heavy atom. The molecule has 0 aromatic heterocycles. The summed E-state index contributed by atoms with van der Waals surface area (Å²) in [6.07, 6.45) is -4.56. The van der Waals surface area contributed by atoms with E-state index in [9.17, 15) is 23.3 Å². The number of nitro benzene ring substituents is 1. The number of ether oxygens (including phenoxy) is 1. The second-order valence-corrected chi connectivity index (χ2v) is 9.43. The minimum absolute atomic E-state index is 0.0307. The molecule has 1 aromatic carbocycles. The van der Waals surface area contributed by atoms with Crippen LogP contribution in [0.3, 0.4) is 0 Å². The molecule has 8 heteroatoms. The van der Waals surface area contributed by atoms with E-state index in [-0.39, 0.29) is 22.3 Å². The lowest BCUT2D eigenvalue weighted by molar-refractivity contribution is -0.384. The zero-order valence-corrected chi connectivity index (χ0v) is 15.2. The van der Waals surface area contributed by atoms with E-state index in [0.29, 0.717) is 11.5 Å². The van der Waals surface area contributed by atoms with E-state index in [0.717, 1.165) is 12.8 Å². The molecule has 4 aliphatic rings. The molecule has 1 saturated heterocycles. The predicted molar refractivity (Wildman–Crippen MR) is 91.6 cm³/mol. The van der Waals surface area contributed by atoms with Crippen molar-refractivity contribution in [2.75, 3.05) is 0 Å². The van der Waals surface area contributed by atoms with Gasteiger partial charge in [-0.2, -0.15) is 13.2 Å². The Morgan fingerprint density at radius 1 is 1.23 bits per heavy atom. The maximum Gasteiger partial charge on any atom is 0.415 e. The van der Waals surface area contributed by atoms with Crippen molar-refractivity contribution in [1.29, 1.82) is 0 Å². The van der Waals surface area contributed by atoms with Crippen molar-refractivity contribution in [2.45, 2.75) is 49.7 Å². The molecule has 0 unspecified atom stereocenters. The standard InChI is InChI=1S/C18H20F3NO3S/c1-17(2)10-7-12(17)14-13(8-10)26-16(25-15(14)18(19,20)21)9-3-5-11(6-4-9)22(23)24/h3-6,10,12-16H,7-8H2,1-2H3/t10-,12+,13+,14+,15+,16-/m1/s1. The number of non-ortho nitro benzene ring substituents is 1. The number of halogens is 3. The van der Waals surface area contributed by atoms with Crippen LogP contribution in [0.2, 0.25) is 0 Å². The number of nitrogens with zero attached hydrogens (tertiary/aromatic N) is 1. The van der Waals surface area contributed by atoms with Gasteiger partial charge in [-0.3, -0.25) is 10.1 Å². The maximum absolute atomic E-state index is 13.8. The number of thioether (sulfide) groups is 1. The quantitative estimate of drug-likeness (QED) is 0.508. The lowest BCUT2D eigenvalue weighted by atomic mass is 9.44. The van der Waals surface area contributed by atoms with Crippen molar-refractivity contribution in [1.82, 2.24) is 0 Å². The predicted octanol–water partition coefficient (Wildman–Crippen LogP) is 5.34.